The first kappa shape index (κ1) is 15.1. The lowest BCUT2D eigenvalue weighted by Crippen LogP contribution is -2.18. The van der Waals surface area contributed by atoms with E-state index in [0.717, 1.165) is 26.2 Å². The summed E-state index contributed by atoms with van der Waals surface area (Å²) in [5, 5.41) is 4.72. The predicted molar refractivity (Wildman–Crippen MR) is 85.0 cm³/mol. The van der Waals surface area contributed by atoms with Gasteiger partial charge in [0.15, 0.2) is 0 Å². The van der Waals surface area contributed by atoms with Gasteiger partial charge in [0.05, 0.1) is 6.61 Å². The summed E-state index contributed by atoms with van der Waals surface area (Å²) >= 11 is 0. The Hall–Kier alpha value is -1.32. The standard InChI is InChI=1S/C17H26N2O/c1-4-14(2)13-19-9-7-16-6-5-15(11-17(16)19)12-18-8-10-20-3/h5-7,9,11,14,18H,4,8,10,12-13H2,1-3H3. The third-order valence-corrected chi connectivity index (χ3v) is 3.86. The number of fused-ring (bicyclic) bond motifs is 1. The van der Waals surface area contributed by atoms with E-state index in [2.05, 4.69) is 54.2 Å². The molecule has 1 atom stereocenters. The van der Waals surface area contributed by atoms with Crippen LogP contribution in [-0.2, 0) is 17.8 Å². The topological polar surface area (TPSA) is 26.2 Å². The van der Waals surface area contributed by atoms with Crippen molar-refractivity contribution in [3.05, 3.63) is 36.0 Å². The summed E-state index contributed by atoms with van der Waals surface area (Å²) in [6.07, 6.45) is 3.43. The van der Waals surface area contributed by atoms with Crippen LogP contribution in [0.4, 0.5) is 0 Å². The normalized spacial score (nSPS) is 12.9. The number of rotatable bonds is 8. The summed E-state index contributed by atoms with van der Waals surface area (Å²) in [6, 6.07) is 8.93. The van der Waals surface area contributed by atoms with Crippen LogP contribution < -0.4 is 5.32 Å². The van der Waals surface area contributed by atoms with Crippen molar-refractivity contribution < 1.29 is 4.74 Å². The lowest BCUT2D eigenvalue weighted by atomic mass is 10.1. The van der Waals surface area contributed by atoms with E-state index in [1.807, 2.05) is 0 Å². The Balaban J connectivity index is 2.08. The average molecular weight is 274 g/mol. The van der Waals surface area contributed by atoms with Crippen molar-refractivity contribution in [2.24, 2.45) is 5.92 Å². The molecule has 1 N–H and O–H groups in total. The molecule has 0 fully saturated rings. The van der Waals surface area contributed by atoms with Crippen molar-refractivity contribution in [1.29, 1.82) is 0 Å². The van der Waals surface area contributed by atoms with Crippen LogP contribution in [0.2, 0.25) is 0 Å². The summed E-state index contributed by atoms with van der Waals surface area (Å²) in [4.78, 5) is 0. The maximum absolute atomic E-state index is 5.05. The number of nitrogens with zero attached hydrogens (tertiary/aromatic N) is 1. The first-order valence-electron chi connectivity index (χ1n) is 7.52. The molecule has 0 radical (unpaired) electrons. The first-order valence-corrected chi connectivity index (χ1v) is 7.52. The Morgan fingerprint density at radius 3 is 2.90 bits per heavy atom. The summed E-state index contributed by atoms with van der Waals surface area (Å²) < 4.78 is 7.42. The molecule has 110 valence electrons. The van der Waals surface area contributed by atoms with Crippen molar-refractivity contribution in [3.8, 4) is 0 Å². The van der Waals surface area contributed by atoms with Crippen LogP contribution in [0.1, 0.15) is 25.8 Å². The molecule has 2 rings (SSSR count). The Morgan fingerprint density at radius 1 is 1.30 bits per heavy atom. The molecule has 0 aliphatic rings. The second kappa shape index (κ2) is 7.46. The third-order valence-electron chi connectivity index (χ3n) is 3.86. The maximum Gasteiger partial charge on any atom is 0.0587 e. The fourth-order valence-electron chi connectivity index (χ4n) is 2.37. The predicted octanol–water partition coefficient (Wildman–Crippen LogP) is 3.42. The molecule has 1 aromatic carbocycles. The molecule has 3 heteroatoms. The Bertz CT molecular complexity index is 533. The van der Waals surface area contributed by atoms with Crippen LogP contribution in [0.3, 0.4) is 0 Å². The minimum absolute atomic E-state index is 0.717. The molecule has 2 aromatic rings. The van der Waals surface area contributed by atoms with E-state index >= 15 is 0 Å². The molecular formula is C17H26N2O. The van der Waals surface area contributed by atoms with Crippen LogP contribution in [0.25, 0.3) is 10.9 Å². The average Bonchev–Trinajstić information content (AvgIpc) is 2.86. The highest BCUT2D eigenvalue weighted by atomic mass is 16.5. The van der Waals surface area contributed by atoms with Gasteiger partial charge in [-0.25, -0.2) is 0 Å². The SMILES string of the molecule is CCC(C)Cn1ccc2ccc(CNCCOC)cc21. The van der Waals surface area contributed by atoms with Crippen molar-refractivity contribution in [3.63, 3.8) is 0 Å². The van der Waals surface area contributed by atoms with Crippen LogP contribution in [0.5, 0.6) is 0 Å². The molecule has 0 aliphatic carbocycles. The fraction of sp³-hybridized carbons (Fsp3) is 0.529. The summed E-state index contributed by atoms with van der Waals surface area (Å²) in [7, 11) is 1.73. The fourth-order valence-corrected chi connectivity index (χ4v) is 2.37. The van der Waals surface area contributed by atoms with Crippen LogP contribution in [0.15, 0.2) is 30.5 Å². The second-order valence-corrected chi connectivity index (χ2v) is 5.54. The molecule has 0 bridgehead atoms. The zero-order chi connectivity index (χ0) is 14.4. The highest BCUT2D eigenvalue weighted by Crippen LogP contribution is 2.19. The van der Waals surface area contributed by atoms with Gasteiger partial charge in [-0.3, -0.25) is 0 Å². The van der Waals surface area contributed by atoms with Gasteiger partial charge in [0.1, 0.15) is 0 Å². The number of nitrogens with one attached hydrogen (secondary N) is 1. The van der Waals surface area contributed by atoms with Gasteiger partial charge in [0, 0.05) is 38.5 Å². The van der Waals surface area contributed by atoms with Gasteiger partial charge in [-0.05, 0) is 29.0 Å². The molecular weight excluding hydrogens is 248 g/mol. The molecule has 0 amide bonds. The van der Waals surface area contributed by atoms with Gasteiger partial charge in [-0.15, -0.1) is 0 Å². The van der Waals surface area contributed by atoms with Gasteiger partial charge >= 0.3 is 0 Å². The maximum atomic E-state index is 5.05. The molecule has 20 heavy (non-hydrogen) atoms. The molecule has 1 aromatic heterocycles. The molecule has 0 saturated carbocycles. The van der Waals surface area contributed by atoms with Gasteiger partial charge in [-0.1, -0.05) is 32.4 Å². The molecule has 0 aliphatic heterocycles. The van der Waals surface area contributed by atoms with E-state index in [1.165, 1.54) is 22.9 Å². The first-order chi connectivity index (χ1) is 9.74. The number of aromatic nitrogens is 1. The largest absolute Gasteiger partial charge is 0.383 e. The van der Waals surface area contributed by atoms with Crippen molar-refractivity contribution in [1.82, 2.24) is 9.88 Å². The van der Waals surface area contributed by atoms with E-state index in [-0.39, 0.29) is 0 Å². The summed E-state index contributed by atoms with van der Waals surface area (Å²) in [5.74, 6) is 0.717. The summed E-state index contributed by atoms with van der Waals surface area (Å²) in [5.41, 5.74) is 2.68. The zero-order valence-corrected chi connectivity index (χ0v) is 12.9. The highest BCUT2D eigenvalue weighted by Gasteiger charge is 2.05. The number of methoxy groups -OCH3 is 1. The molecule has 0 saturated heterocycles. The summed E-state index contributed by atoms with van der Waals surface area (Å²) in [6.45, 7) is 8.20. The van der Waals surface area contributed by atoms with Crippen molar-refractivity contribution in [2.75, 3.05) is 20.3 Å². The van der Waals surface area contributed by atoms with Gasteiger partial charge in [0.25, 0.3) is 0 Å². The molecule has 1 heterocycles. The zero-order valence-electron chi connectivity index (χ0n) is 12.9. The Morgan fingerprint density at radius 2 is 2.15 bits per heavy atom. The van der Waals surface area contributed by atoms with Gasteiger partial charge in [-0.2, -0.15) is 0 Å². The Kier molecular flexibility index (Phi) is 5.62. The number of benzene rings is 1. The number of ether oxygens (including phenoxy) is 1. The number of hydrogen-bond acceptors (Lipinski definition) is 2. The van der Waals surface area contributed by atoms with Crippen LogP contribution in [-0.4, -0.2) is 24.8 Å². The van der Waals surface area contributed by atoms with Crippen LogP contribution in [0, 0.1) is 5.92 Å². The Labute approximate surface area is 121 Å². The van der Waals surface area contributed by atoms with E-state index in [9.17, 15) is 0 Å². The molecule has 0 spiro atoms. The highest BCUT2D eigenvalue weighted by molar-refractivity contribution is 5.80. The smallest absolute Gasteiger partial charge is 0.0587 e. The second-order valence-electron chi connectivity index (χ2n) is 5.54. The minimum atomic E-state index is 0.717. The number of hydrogen-bond donors (Lipinski definition) is 1. The quantitative estimate of drug-likeness (QED) is 0.746. The molecule has 1 unspecified atom stereocenters. The lowest BCUT2D eigenvalue weighted by Gasteiger charge is -2.12. The van der Waals surface area contributed by atoms with Crippen molar-refractivity contribution >= 4 is 10.9 Å². The van der Waals surface area contributed by atoms with E-state index in [4.69, 9.17) is 4.74 Å². The van der Waals surface area contributed by atoms with E-state index < -0.39 is 0 Å². The third kappa shape index (κ3) is 3.84. The lowest BCUT2D eigenvalue weighted by molar-refractivity contribution is 0.199. The van der Waals surface area contributed by atoms with Gasteiger partial charge in [0.2, 0.25) is 0 Å². The van der Waals surface area contributed by atoms with E-state index in [1.54, 1.807) is 7.11 Å². The van der Waals surface area contributed by atoms with Gasteiger partial charge < -0.3 is 14.6 Å². The van der Waals surface area contributed by atoms with Crippen molar-refractivity contribution in [2.45, 2.75) is 33.4 Å². The monoisotopic (exact) mass is 274 g/mol. The minimum Gasteiger partial charge on any atom is -0.383 e. The molecule has 3 nitrogen and oxygen atoms in total. The van der Waals surface area contributed by atoms with Crippen LogP contribution >= 0.6 is 0 Å². The van der Waals surface area contributed by atoms with E-state index in [0.29, 0.717) is 5.92 Å².